The highest BCUT2D eigenvalue weighted by Gasteiger charge is 2.12. The molecular weight excluding hydrogens is 218 g/mol. The van der Waals surface area contributed by atoms with Crippen LogP contribution in [0.3, 0.4) is 0 Å². The number of nitrogens with zero attached hydrogens (tertiary/aromatic N) is 2. The smallest absolute Gasteiger partial charge is 0.189 e. The monoisotopic (exact) mass is 237 g/mol. The van der Waals surface area contributed by atoms with Crippen LogP contribution in [0.15, 0.2) is 17.4 Å². The third-order valence-electron chi connectivity index (χ3n) is 3.02. The van der Waals surface area contributed by atoms with Gasteiger partial charge in [0.05, 0.1) is 0 Å². The zero-order valence-corrected chi connectivity index (χ0v) is 10.6. The van der Waals surface area contributed by atoms with Crippen molar-refractivity contribution in [2.75, 3.05) is 11.6 Å². The highest BCUT2D eigenvalue weighted by molar-refractivity contribution is 7.98. The van der Waals surface area contributed by atoms with Crippen LogP contribution in [0.4, 0.5) is 5.82 Å². The Morgan fingerprint density at radius 3 is 2.69 bits per heavy atom. The van der Waals surface area contributed by atoms with Gasteiger partial charge in [-0.1, -0.05) is 37.4 Å². The lowest BCUT2D eigenvalue weighted by Crippen LogP contribution is -2.19. The first kappa shape index (κ1) is 11.7. The first-order valence-corrected chi connectivity index (χ1v) is 7.24. The summed E-state index contributed by atoms with van der Waals surface area (Å²) in [5, 5.41) is 4.38. The fourth-order valence-corrected chi connectivity index (χ4v) is 2.51. The molecule has 0 amide bonds. The maximum Gasteiger partial charge on any atom is 0.189 e. The van der Waals surface area contributed by atoms with Crippen LogP contribution in [0.5, 0.6) is 0 Å². The number of anilines is 1. The minimum absolute atomic E-state index is 0.604. The molecule has 0 radical (unpaired) electrons. The van der Waals surface area contributed by atoms with Crippen molar-refractivity contribution in [2.24, 2.45) is 0 Å². The first-order valence-electron chi connectivity index (χ1n) is 6.02. The predicted octanol–water partition coefficient (Wildman–Crippen LogP) is 3.33. The van der Waals surface area contributed by atoms with Gasteiger partial charge in [-0.2, -0.15) is 0 Å². The minimum Gasteiger partial charge on any atom is -0.367 e. The van der Waals surface area contributed by atoms with Gasteiger partial charge >= 0.3 is 0 Å². The molecule has 2 rings (SSSR count). The standard InChI is InChI=1S/C12H19N3S/c1-16-12-13-9-8-11(15-12)14-10-6-4-2-3-5-7-10/h8-10H,2-7H2,1H3,(H,13,14,15). The van der Waals surface area contributed by atoms with E-state index in [-0.39, 0.29) is 0 Å². The molecule has 0 unspecified atom stereocenters. The van der Waals surface area contributed by atoms with Gasteiger partial charge in [-0.25, -0.2) is 9.97 Å². The first-order chi connectivity index (χ1) is 7.88. The predicted molar refractivity (Wildman–Crippen MR) is 68.9 cm³/mol. The van der Waals surface area contributed by atoms with Crippen molar-refractivity contribution in [2.45, 2.75) is 49.7 Å². The molecular formula is C12H19N3S. The Hall–Kier alpha value is -0.770. The summed E-state index contributed by atoms with van der Waals surface area (Å²) in [5.74, 6) is 0.978. The number of hydrogen-bond acceptors (Lipinski definition) is 4. The Morgan fingerprint density at radius 1 is 1.25 bits per heavy atom. The molecule has 88 valence electrons. The summed E-state index contributed by atoms with van der Waals surface area (Å²) >= 11 is 1.59. The molecule has 1 aromatic heterocycles. The van der Waals surface area contributed by atoms with Crippen LogP contribution in [-0.2, 0) is 0 Å². The minimum atomic E-state index is 0.604. The van der Waals surface area contributed by atoms with E-state index in [4.69, 9.17) is 0 Å². The molecule has 3 nitrogen and oxygen atoms in total. The van der Waals surface area contributed by atoms with E-state index in [0.717, 1.165) is 11.0 Å². The number of aromatic nitrogens is 2. The summed E-state index contributed by atoms with van der Waals surface area (Å²) in [5.41, 5.74) is 0. The highest BCUT2D eigenvalue weighted by atomic mass is 32.2. The van der Waals surface area contributed by atoms with E-state index in [2.05, 4.69) is 15.3 Å². The van der Waals surface area contributed by atoms with Gasteiger partial charge in [-0.15, -0.1) is 0 Å². The summed E-state index contributed by atoms with van der Waals surface area (Å²) in [6.07, 6.45) is 11.9. The van der Waals surface area contributed by atoms with E-state index < -0.39 is 0 Å². The average molecular weight is 237 g/mol. The van der Waals surface area contributed by atoms with Crippen molar-refractivity contribution in [3.8, 4) is 0 Å². The average Bonchev–Trinajstić information content (AvgIpc) is 2.58. The Kier molecular flexibility index (Phi) is 4.45. The van der Waals surface area contributed by atoms with Crippen molar-refractivity contribution < 1.29 is 0 Å². The molecule has 0 bridgehead atoms. The second-order valence-electron chi connectivity index (χ2n) is 4.26. The molecule has 0 aromatic carbocycles. The lowest BCUT2D eigenvalue weighted by atomic mass is 10.1. The lowest BCUT2D eigenvalue weighted by Gasteiger charge is -2.16. The van der Waals surface area contributed by atoms with Gasteiger partial charge < -0.3 is 5.32 Å². The van der Waals surface area contributed by atoms with Crippen molar-refractivity contribution in [1.82, 2.24) is 9.97 Å². The molecule has 0 saturated heterocycles. The van der Waals surface area contributed by atoms with Gasteiger partial charge in [0.25, 0.3) is 0 Å². The molecule has 0 aliphatic heterocycles. The maximum atomic E-state index is 4.46. The van der Waals surface area contributed by atoms with E-state index in [1.807, 2.05) is 18.5 Å². The fourth-order valence-electron chi connectivity index (χ4n) is 2.15. The number of nitrogens with one attached hydrogen (secondary N) is 1. The van der Waals surface area contributed by atoms with Gasteiger partial charge in [-0.05, 0) is 25.2 Å². The SMILES string of the molecule is CSc1nccc(NC2CCCCCC2)n1. The van der Waals surface area contributed by atoms with E-state index >= 15 is 0 Å². The molecule has 1 N–H and O–H groups in total. The van der Waals surface area contributed by atoms with Crippen LogP contribution >= 0.6 is 11.8 Å². The fraction of sp³-hybridized carbons (Fsp3) is 0.667. The molecule has 1 heterocycles. The molecule has 0 spiro atoms. The quantitative estimate of drug-likeness (QED) is 0.497. The maximum absolute atomic E-state index is 4.46. The molecule has 1 fully saturated rings. The normalized spacial score (nSPS) is 18.1. The lowest BCUT2D eigenvalue weighted by molar-refractivity contribution is 0.616. The molecule has 0 atom stereocenters. The van der Waals surface area contributed by atoms with Crippen molar-refractivity contribution in [3.05, 3.63) is 12.3 Å². The van der Waals surface area contributed by atoms with Crippen LogP contribution in [-0.4, -0.2) is 22.3 Å². The summed E-state index contributed by atoms with van der Waals surface area (Å²) in [7, 11) is 0. The Bertz CT molecular complexity index is 322. The molecule has 16 heavy (non-hydrogen) atoms. The van der Waals surface area contributed by atoms with E-state index in [1.54, 1.807) is 11.8 Å². The number of hydrogen-bond donors (Lipinski definition) is 1. The van der Waals surface area contributed by atoms with Crippen LogP contribution in [0, 0.1) is 0 Å². The molecule has 4 heteroatoms. The van der Waals surface area contributed by atoms with Crippen LogP contribution in [0.1, 0.15) is 38.5 Å². The summed E-state index contributed by atoms with van der Waals surface area (Å²) in [6, 6.07) is 2.57. The topological polar surface area (TPSA) is 37.8 Å². The highest BCUT2D eigenvalue weighted by Crippen LogP contribution is 2.20. The van der Waals surface area contributed by atoms with Gasteiger partial charge in [0.1, 0.15) is 5.82 Å². The van der Waals surface area contributed by atoms with Crippen molar-refractivity contribution in [3.63, 3.8) is 0 Å². The van der Waals surface area contributed by atoms with E-state index in [9.17, 15) is 0 Å². The summed E-state index contributed by atoms with van der Waals surface area (Å²) < 4.78 is 0. The summed E-state index contributed by atoms with van der Waals surface area (Å²) in [6.45, 7) is 0. The second-order valence-corrected chi connectivity index (χ2v) is 5.03. The molecule has 1 aliphatic rings. The second kappa shape index (κ2) is 6.09. The van der Waals surface area contributed by atoms with E-state index in [0.29, 0.717) is 6.04 Å². The van der Waals surface area contributed by atoms with Gasteiger partial charge in [-0.3, -0.25) is 0 Å². The third-order valence-corrected chi connectivity index (χ3v) is 3.59. The molecule has 1 saturated carbocycles. The van der Waals surface area contributed by atoms with Crippen molar-refractivity contribution >= 4 is 17.6 Å². The molecule has 1 aromatic rings. The third kappa shape index (κ3) is 3.37. The van der Waals surface area contributed by atoms with Crippen LogP contribution < -0.4 is 5.32 Å². The Labute approximate surface area is 101 Å². The van der Waals surface area contributed by atoms with Crippen LogP contribution in [0.25, 0.3) is 0 Å². The zero-order chi connectivity index (χ0) is 11.2. The molecule has 1 aliphatic carbocycles. The number of thioether (sulfide) groups is 1. The largest absolute Gasteiger partial charge is 0.367 e. The van der Waals surface area contributed by atoms with Crippen molar-refractivity contribution in [1.29, 1.82) is 0 Å². The van der Waals surface area contributed by atoms with Gasteiger partial charge in [0, 0.05) is 12.2 Å². The summed E-state index contributed by atoms with van der Waals surface area (Å²) in [4.78, 5) is 8.64. The van der Waals surface area contributed by atoms with E-state index in [1.165, 1.54) is 38.5 Å². The van der Waals surface area contributed by atoms with Gasteiger partial charge in [0.15, 0.2) is 5.16 Å². The number of rotatable bonds is 3. The van der Waals surface area contributed by atoms with Gasteiger partial charge in [0.2, 0.25) is 0 Å². The Balaban J connectivity index is 1.96. The Morgan fingerprint density at radius 2 is 2.00 bits per heavy atom. The van der Waals surface area contributed by atoms with Crippen LogP contribution in [0.2, 0.25) is 0 Å². The zero-order valence-electron chi connectivity index (χ0n) is 9.78.